The first-order chi connectivity index (χ1) is 5.27. The monoisotopic (exact) mass is 265 g/mol. The van der Waals surface area contributed by atoms with Crippen molar-refractivity contribution in [1.82, 2.24) is 0 Å². The molecule has 0 fully saturated rings. The van der Waals surface area contributed by atoms with Gasteiger partial charge in [0, 0.05) is 11.8 Å². The molecule has 0 aliphatic heterocycles. The first-order valence-electron chi connectivity index (χ1n) is 3.01. The van der Waals surface area contributed by atoms with Gasteiger partial charge in [-0.15, -0.1) is 0 Å². The standard InChI is InChI=1S/C7H8INO2/c1-11-7-3-2-5(9-8)4-6(7)10/h2-4,9-10H,1H3. The fourth-order valence-electron chi connectivity index (χ4n) is 0.749. The number of hydrogen-bond donors (Lipinski definition) is 2. The summed E-state index contributed by atoms with van der Waals surface area (Å²) in [5.74, 6) is 0.634. The summed E-state index contributed by atoms with van der Waals surface area (Å²) in [7, 11) is 1.52. The van der Waals surface area contributed by atoms with Crippen LogP contribution in [0.1, 0.15) is 0 Å². The van der Waals surface area contributed by atoms with E-state index in [9.17, 15) is 5.11 Å². The summed E-state index contributed by atoms with van der Waals surface area (Å²) in [4.78, 5) is 0. The van der Waals surface area contributed by atoms with Gasteiger partial charge in [0.15, 0.2) is 11.5 Å². The van der Waals surface area contributed by atoms with Crippen LogP contribution in [0.3, 0.4) is 0 Å². The first-order valence-corrected chi connectivity index (χ1v) is 4.09. The molecule has 1 aromatic carbocycles. The van der Waals surface area contributed by atoms with Crippen LogP contribution < -0.4 is 8.27 Å². The number of ether oxygens (including phenoxy) is 1. The number of halogens is 1. The van der Waals surface area contributed by atoms with Crippen LogP contribution >= 0.6 is 22.9 Å². The van der Waals surface area contributed by atoms with Crippen LogP contribution in [0.4, 0.5) is 5.69 Å². The summed E-state index contributed by atoms with van der Waals surface area (Å²) in [6, 6.07) is 5.13. The van der Waals surface area contributed by atoms with Crippen LogP contribution in [-0.4, -0.2) is 12.2 Å². The quantitative estimate of drug-likeness (QED) is 0.636. The third kappa shape index (κ3) is 1.89. The zero-order chi connectivity index (χ0) is 8.27. The van der Waals surface area contributed by atoms with E-state index in [4.69, 9.17) is 4.74 Å². The predicted octanol–water partition coefficient (Wildman–Crippen LogP) is 2.16. The number of aromatic hydroxyl groups is 1. The fraction of sp³-hybridized carbons (Fsp3) is 0.143. The summed E-state index contributed by atoms with van der Waals surface area (Å²) in [5.41, 5.74) is 0.851. The van der Waals surface area contributed by atoms with Crippen molar-refractivity contribution in [3.8, 4) is 11.5 Å². The first kappa shape index (κ1) is 8.45. The van der Waals surface area contributed by atoms with Gasteiger partial charge in [0.05, 0.1) is 30.0 Å². The topological polar surface area (TPSA) is 41.5 Å². The smallest absolute Gasteiger partial charge is 0.160 e. The van der Waals surface area contributed by atoms with E-state index in [0.29, 0.717) is 5.75 Å². The van der Waals surface area contributed by atoms with Gasteiger partial charge in [-0.25, -0.2) is 0 Å². The maximum Gasteiger partial charge on any atom is 0.160 e. The highest BCUT2D eigenvalue weighted by Crippen LogP contribution is 2.28. The van der Waals surface area contributed by atoms with Crippen molar-refractivity contribution in [3.63, 3.8) is 0 Å². The molecule has 0 radical (unpaired) electrons. The van der Waals surface area contributed by atoms with Gasteiger partial charge < -0.3 is 13.4 Å². The van der Waals surface area contributed by atoms with Crippen molar-refractivity contribution in [2.75, 3.05) is 10.6 Å². The van der Waals surface area contributed by atoms with Gasteiger partial charge in [-0.2, -0.15) is 0 Å². The van der Waals surface area contributed by atoms with Crippen molar-refractivity contribution in [2.45, 2.75) is 0 Å². The number of hydrogen-bond acceptors (Lipinski definition) is 3. The zero-order valence-corrected chi connectivity index (χ0v) is 8.12. The van der Waals surface area contributed by atoms with Crippen molar-refractivity contribution >= 4 is 28.6 Å². The number of rotatable bonds is 2. The highest BCUT2D eigenvalue weighted by molar-refractivity contribution is 14.1. The van der Waals surface area contributed by atoms with Crippen LogP contribution in [-0.2, 0) is 0 Å². The minimum Gasteiger partial charge on any atom is -0.504 e. The number of methoxy groups -OCH3 is 1. The number of anilines is 1. The fourth-order valence-corrected chi connectivity index (χ4v) is 1.08. The Morgan fingerprint density at radius 3 is 2.73 bits per heavy atom. The van der Waals surface area contributed by atoms with E-state index < -0.39 is 0 Å². The van der Waals surface area contributed by atoms with E-state index in [1.54, 1.807) is 12.1 Å². The molecule has 60 valence electrons. The molecule has 0 amide bonds. The van der Waals surface area contributed by atoms with Crippen molar-refractivity contribution < 1.29 is 9.84 Å². The predicted molar refractivity (Wildman–Crippen MR) is 52.3 cm³/mol. The van der Waals surface area contributed by atoms with Gasteiger partial charge in [-0.1, -0.05) is 0 Å². The number of phenols is 1. The molecule has 0 atom stereocenters. The molecule has 1 aromatic rings. The normalized spacial score (nSPS) is 9.27. The highest BCUT2D eigenvalue weighted by Gasteiger charge is 1.99. The molecule has 0 aliphatic carbocycles. The van der Waals surface area contributed by atoms with E-state index in [1.165, 1.54) is 7.11 Å². The Balaban J connectivity index is 2.99. The molecule has 0 aromatic heterocycles. The molecule has 0 unspecified atom stereocenters. The molecule has 0 saturated heterocycles. The summed E-state index contributed by atoms with van der Waals surface area (Å²) in [6.45, 7) is 0. The second kappa shape index (κ2) is 3.66. The molecule has 1 rings (SSSR count). The van der Waals surface area contributed by atoms with Crippen molar-refractivity contribution in [1.29, 1.82) is 0 Å². The third-order valence-electron chi connectivity index (χ3n) is 1.29. The Morgan fingerprint density at radius 1 is 1.55 bits per heavy atom. The van der Waals surface area contributed by atoms with Crippen LogP contribution in [0.5, 0.6) is 11.5 Å². The van der Waals surface area contributed by atoms with Crippen LogP contribution in [0.25, 0.3) is 0 Å². The van der Waals surface area contributed by atoms with E-state index in [0.717, 1.165) is 5.69 Å². The number of nitrogens with one attached hydrogen (secondary N) is 1. The molecular weight excluding hydrogens is 257 g/mol. The molecule has 2 N–H and O–H groups in total. The van der Waals surface area contributed by atoms with Gasteiger partial charge in [0.1, 0.15) is 0 Å². The lowest BCUT2D eigenvalue weighted by molar-refractivity contribution is 0.373. The number of phenolic OH excluding ortho intramolecular Hbond substituents is 1. The minimum atomic E-state index is 0.147. The Kier molecular flexibility index (Phi) is 2.81. The molecule has 0 saturated carbocycles. The average Bonchev–Trinajstić information content (AvgIpc) is 2.04. The lowest BCUT2D eigenvalue weighted by atomic mass is 10.3. The summed E-state index contributed by atoms with van der Waals surface area (Å²) < 4.78 is 7.74. The Labute approximate surface area is 78.9 Å². The van der Waals surface area contributed by atoms with Crippen LogP contribution in [0, 0.1) is 0 Å². The summed E-state index contributed by atoms with van der Waals surface area (Å²) in [5, 5.41) is 9.25. The third-order valence-corrected chi connectivity index (χ3v) is 1.91. The molecule has 4 heteroatoms. The molecule has 0 spiro atoms. The van der Waals surface area contributed by atoms with E-state index in [2.05, 4.69) is 3.53 Å². The lowest BCUT2D eigenvalue weighted by Crippen LogP contribution is -1.84. The van der Waals surface area contributed by atoms with Gasteiger partial charge in [-0.3, -0.25) is 0 Å². The van der Waals surface area contributed by atoms with E-state index in [1.807, 2.05) is 28.9 Å². The van der Waals surface area contributed by atoms with Crippen LogP contribution in [0.2, 0.25) is 0 Å². The highest BCUT2D eigenvalue weighted by atomic mass is 127. The summed E-state index contributed by atoms with van der Waals surface area (Å²) in [6.07, 6.45) is 0. The molecular formula is C7H8INO2. The van der Waals surface area contributed by atoms with Crippen molar-refractivity contribution in [2.24, 2.45) is 0 Å². The number of benzene rings is 1. The lowest BCUT2D eigenvalue weighted by Gasteiger charge is -2.03. The Morgan fingerprint density at radius 2 is 2.27 bits per heavy atom. The van der Waals surface area contributed by atoms with Crippen molar-refractivity contribution in [3.05, 3.63) is 18.2 Å². The average molecular weight is 265 g/mol. The van der Waals surface area contributed by atoms with Gasteiger partial charge in [0.2, 0.25) is 0 Å². The SMILES string of the molecule is COc1ccc(NI)cc1O. The minimum absolute atomic E-state index is 0.147. The van der Waals surface area contributed by atoms with E-state index >= 15 is 0 Å². The van der Waals surface area contributed by atoms with Gasteiger partial charge >= 0.3 is 0 Å². The molecule has 0 heterocycles. The Bertz CT molecular complexity index is 252. The second-order valence-corrected chi connectivity index (χ2v) is 2.52. The maximum absolute atomic E-state index is 9.25. The summed E-state index contributed by atoms with van der Waals surface area (Å²) >= 11 is 1.99. The molecule has 0 aliphatic rings. The zero-order valence-electron chi connectivity index (χ0n) is 5.97. The van der Waals surface area contributed by atoms with Crippen LogP contribution in [0.15, 0.2) is 18.2 Å². The maximum atomic E-state index is 9.25. The largest absolute Gasteiger partial charge is 0.504 e. The second-order valence-electron chi connectivity index (χ2n) is 1.98. The van der Waals surface area contributed by atoms with Gasteiger partial charge in [-0.05, 0) is 12.1 Å². The Hall–Kier alpha value is -0.650. The molecule has 0 bridgehead atoms. The van der Waals surface area contributed by atoms with E-state index in [-0.39, 0.29) is 5.75 Å². The van der Waals surface area contributed by atoms with Gasteiger partial charge in [0.25, 0.3) is 0 Å². The molecule has 3 nitrogen and oxygen atoms in total. The molecule has 11 heavy (non-hydrogen) atoms.